The quantitative estimate of drug-likeness (QED) is 0.528. The molecule has 0 saturated carbocycles. The molecule has 2 aromatic carbocycles. The number of thiazole rings is 1. The summed E-state index contributed by atoms with van der Waals surface area (Å²) in [5.74, 6) is 0.703. The third-order valence-corrected chi connectivity index (χ3v) is 6.38. The molecule has 154 valence electrons. The Hall–Kier alpha value is -2.44. The van der Waals surface area contributed by atoms with Gasteiger partial charge in [0.1, 0.15) is 5.75 Å². The second-order valence-corrected chi connectivity index (χ2v) is 8.12. The van der Waals surface area contributed by atoms with Crippen molar-refractivity contribution in [3.63, 3.8) is 0 Å². The van der Waals surface area contributed by atoms with E-state index in [4.69, 9.17) is 9.72 Å². The number of rotatable bonds is 8. The van der Waals surface area contributed by atoms with Crippen molar-refractivity contribution in [3.05, 3.63) is 53.1 Å². The SMILES string of the molecule is CCN(CC)CCN(C(=O)c1ccc(OC)cc1)c1nc2cc(C)c(C)cc2s1. The Bertz CT molecular complexity index is 939. The molecule has 3 rings (SSSR count). The molecule has 3 aromatic rings. The summed E-state index contributed by atoms with van der Waals surface area (Å²) in [5, 5.41) is 0.748. The number of nitrogens with zero attached hydrogens (tertiary/aromatic N) is 3. The van der Waals surface area contributed by atoms with Crippen LogP contribution in [0.3, 0.4) is 0 Å². The molecule has 0 N–H and O–H groups in total. The van der Waals surface area contributed by atoms with Gasteiger partial charge in [-0.2, -0.15) is 0 Å². The molecule has 0 saturated heterocycles. The van der Waals surface area contributed by atoms with Gasteiger partial charge in [-0.25, -0.2) is 4.98 Å². The van der Waals surface area contributed by atoms with Crippen molar-refractivity contribution in [2.45, 2.75) is 27.7 Å². The van der Waals surface area contributed by atoms with Crippen molar-refractivity contribution in [2.75, 3.05) is 38.2 Å². The Labute approximate surface area is 176 Å². The van der Waals surface area contributed by atoms with Gasteiger partial charge in [0, 0.05) is 18.7 Å². The highest BCUT2D eigenvalue weighted by Gasteiger charge is 2.22. The van der Waals surface area contributed by atoms with Crippen LogP contribution in [0.2, 0.25) is 0 Å². The van der Waals surface area contributed by atoms with Crippen molar-refractivity contribution < 1.29 is 9.53 Å². The van der Waals surface area contributed by atoms with E-state index in [2.05, 4.69) is 44.7 Å². The number of likely N-dealkylation sites (N-methyl/N-ethyl adjacent to an activating group) is 1. The minimum absolute atomic E-state index is 0.0349. The average Bonchev–Trinajstić information content (AvgIpc) is 3.13. The first-order valence-corrected chi connectivity index (χ1v) is 10.8. The van der Waals surface area contributed by atoms with E-state index in [-0.39, 0.29) is 5.91 Å². The Morgan fingerprint density at radius 1 is 1.03 bits per heavy atom. The van der Waals surface area contributed by atoms with Crippen molar-refractivity contribution in [3.8, 4) is 5.75 Å². The molecule has 0 unspecified atom stereocenters. The Balaban J connectivity index is 1.96. The zero-order chi connectivity index (χ0) is 21.0. The molecule has 0 aliphatic carbocycles. The highest BCUT2D eigenvalue weighted by atomic mass is 32.1. The first-order valence-electron chi connectivity index (χ1n) is 10.0. The number of ether oxygens (including phenoxy) is 1. The fraction of sp³-hybridized carbons (Fsp3) is 0.391. The number of amides is 1. The third kappa shape index (κ3) is 4.77. The second kappa shape index (κ2) is 9.37. The number of carbonyl (C=O) groups excluding carboxylic acids is 1. The van der Waals surface area contributed by atoms with E-state index in [9.17, 15) is 4.79 Å². The second-order valence-electron chi connectivity index (χ2n) is 7.11. The van der Waals surface area contributed by atoms with Crippen LogP contribution in [0.15, 0.2) is 36.4 Å². The number of hydrogen-bond donors (Lipinski definition) is 0. The average molecular weight is 412 g/mol. The number of aromatic nitrogens is 1. The Morgan fingerprint density at radius 2 is 1.69 bits per heavy atom. The van der Waals surface area contributed by atoms with Crippen LogP contribution < -0.4 is 9.64 Å². The molecule has 0 bridgehead atoms. The van der Waals surface area contributed by atoms with E-state index in [0.717, 1.165) is 40.7 Å². The van der Waals surface area contributed by atoms with Gasteiger partial charge >= 0.3 is 0 Å². The number of fused-ring (bicyclic) bond motifs is 1. The molecular formula is C23H29N3O2S. The molecule has 29 heavy (non-hydrogen) atoms. The van der Waals surface area contributed by atoms with Crippen molar-refractivity contribution >= 4 is 32.6 Å². The smallest absolute Gasteiger partial charge is 0.260 e. The number of anilines is 1. The van der Waals surface area contributed by atoms with Gasteiger partial charge in [0.2, 0.25) is 0 Å². The number of hydrogen-bond acceptors (Lipinski definition) is 5. The van der Waals surface area contributed by atoms with Gasteiger partial charge in [-0.1, -0.05) is 25.2 Å². The monoisotopic (exact) mass is 411 g/mol. The van der Waals surface area contributed by atoms with Crippen LogP contribution in [0.4, 0.5) is 5.13 Å². The van der Waals surface area contributed by atoms with Crippen LogP contribution >= 0.6 is 11.3 Å². The molecule has 0 spiro atoms. The highest BCUT2D eigenvalue weighted by Crippen LogP contribution is 2.31. The summed E-state index contributed by atoms with van der Waals surface area (Å²) in [6.45, 7) is 11.8. The van der Waals surface area contributed by atoms with Crippen molar-refractivity contribution in [1.29, 1.82) is 0 Å². The summed E-state index contributed by atoms with van der Waals surface area (Å²) in [6, 6.07) is 11.5. The van der Waals surface area contributed by atoms with Gasteiger partial charge in [-0.05, 0) is 74.5 Å². The molecule has 0 aliphatic heterocycles. The van der Waals surface area contributed by atoms with Crippen LogP contribution in [0.1, 0.15) is 35.3 Å². The summed E-state index contributed by atoms with van der Waals surface area (Å²) >= 11 is 1.58. The molecule has 5 nitrogen and oxygen atoms in total. The third-order valence-electron chi connectivity index (χ3n) is 5.34. The molecule has 0 atom stereocenters. The van der Waals surface area contributed by atoms with E-state index in [0.29, 0.717) is 12.1 Å². The summed E-state index contributed by atoms with van der Waals surface area (Å²) < 4.78 is 6.33. The summed E-state index contributed by atoms with van der Waals surface area (Å²) in [6.07, 6.45) is 0. The molecule has 1 heterocycles. The fourth-order valence-corrected chi connectivity index (χ4v) is 4.31. The molecule has 1 amide bonds. The number of aryl methyl sites for hydroxylation is 2. The predicted molar refractivity (Wildman–Crippen MR) is 122 cm³/mol. The predicted octanol–water partition coefficient (Wildman–Crippen LogP) is 4.91. The van der Waals surface area contributed by atoms with Crippen LogP contribution in [0.5, 0.6) is 5.75 Å². The molecular weight excluding hydrogens is 382 g/mol. The molecule has 0 radical (unpaired) electrons. The fourth-order valence-electron chi connectivity index (χ4n) is 3.24. The van der Waals surface area contributed by atoms with Crippen LogP contribution in [0, 0.1) is 13.8 Å². The van der Waals surface area contributed by atoms with Crippen LogP contribution in [-0.2, 0) is 0 Å². The normalized spacial score (nSPS) is 11.2. The van der Waals surface area contributed by atoms with Crippen LogP contribution in [0.25, 0.3) is 10.2 Å². The van der Waals surface area contributed by atoms with E-state index in [1.54, 1.807) is 18.4 Å². The van der Waals surface area contributed by atoms with E-state index >= 15 is 0 Å². The van der Waals surface area contributed by atoms with E-state index in [1.165, 1.54) is 11.1 Å². The summed E-state index contributed by atoms with van der Waals surface area (Å²) in [4.78, 5) is 22.3. The largest absolute Gasteiger partial charge is 0.497 e. The lowest BCUT2D eigenvalue weighted by molar-refractivity contribution is 0.0983. The van der Waals surface area contributed by atoms with Gasteiger partial charge in [-0.15, -0.1) is 0 Å². The minimum atomic E-state index is -0.0349. The standard InChI is InChI=1S/C23H29N3O2S/c1-6-25(7-2)12-13-26(22(27)18-8-10-19(28-5)11-9-18)23-24-20-14-16(3)17(4)15-21(20)29-23/h8-11,14-15H,6-7,12-13H2,1-5H3. The van der Waals surface area contributed by atoms with Crippen molar-refractivity contribution in [2.24, 2.45) is 0 Å². The Kier molecular flexibility index (Phi) is 6.87. The first kappa shape index (κ1) is 21.3. The Morgan fingerprint density at radius 3 is 2.31 bits per heavy atom. The van der Waals surface area contributed by atoms with Crippen LogP contribution in [-0.4, -0.2) is 49.1 Å². The van der Waals surface area contributed by atoms with Gasteiger partial charge in [0.05, 0.1) is 17.3 Å². The number of methoxy groups -OCH3 is 1. The zero-order valence-electron chi connectivity index (χ0n) is 17.9. The molecule has 0 fully saturated rings. The minimum Gasteiger partial charge on any atom is -0.497 e. The summed E-state index contributed by atoms with van der Waals surface area (Å²) in [7, 11) is 1.62. The lowest BCUT2D eigenvalue weighted by Crippen LogP contribution is -2.38. The molecule has 1 aromatic heterocycles. The highest BCUT2D eigenvalue weighted by molar-refractivity contribution is 7.22. The van der Waals surface area contributed by atoms with Crippen molar-refractivity contribution in [1.82, 2.24) is 9.88 Å². The van der Waals surface area contributed by atoms with Gasteiger partial charge in [0.25, 0.3) is 5.91 Å². The summed E-state index contributed by atoms with van der Waals surface area (Å²) in [5.41, 5.74) is 4.04. The zero-order valence-corrected chi connectivity index (χ0v) is 18.7. The maximum Gasteiger partial charge on any atom is 0.260 e. The maximum absolute atomic E-state index is 13.4. The number of carbonyl (C=O) groups is 1. The van der Waals surface area contributed by atoms with E-state index in [1.807, 2.05) is 29.2 Å². The van der Waals surface area contributed by atoms with Gasteiger partial charge in [0.15, 0.2) is 5.13 Å². The van der Waals surface area contributed by atoms with Gasteiger partial charge < -0.3 is 9.64 Å². The van der Waals surface area contributed by atoms with Gasteiger partial charge in [-0.3, -0.25) is 9.69 Å². The topological polar surface area (TPSA) is 45.7 Å². The lowest BCUT2D eigenvalue weighted by atomic mass is 10.1. The maximum atomic E-state index is 13.4. The first-order chi connectivity index (χ1) is 14.0. The molecule has 0 aliphatic rings. The van der Waals surface area contributed by atoms with E-state index < -0.39 is 0 Å². The number of benzene rings is 2. The molecule has 6 heteroatoms. The lowest BCUT2D eigenvalue weighted by Gasteiger charge is -2.24.